The van der Waals surface area contributed by atoms with Gasteiger partial charge in [0.15, 0.2) is 0 Å². The van der Waals surface area contributed by atoms with Gasteiger partial charge in [-0.3, -0.25) is 14.2 Å². The van der Waals surface area contributed by atoms with Crippen molar-refractivity contribution in [2.24, 2.45) is 0 Å². The Hall–Kier alpha value is -2.42. The molecule has 150 valence electrons. The molecule has 0 saturated heterocycles. The summed E-state index contributed by atoms with van der Waals surface area (Å²) in [5, 5.41) is 3.20. The molecule has 1 amide bonds. The summed E-state index contributed by atoms with van der Waals surface area (Å²) in [6.45, 7) is 2.37. The van der Waals surface area contributed by atoms with E-state index in [1.165, 1.54) is 17.8 Å². The second kappa shape index (κ2) is 10.8. The van der Waals surface area contributed by atoms with Crippen molar-refractivity contribution < 1.29 is 19.1 Å². The van der Waals surface area contributed by atoms with E-state index in [2.05, 4.69) is 5.32 Å². The summed E-state index contributed by atoms with van der Waals surface area (Å²) in [6, 6.07) is 7.03. The summed E-state index contributed by atoms with van der Waals surface area (Å²) in [6.07, 6.45) is 2.88. The Balaban J connectivity index is 2.46. The van der Waals surface area contributed by atoms with Gasteiger partial charge in [0.25, 0.3) is 5.56 Å². The van der Waals surface area contributed by atoms with E-state index in [0.717, 1.165) is 16.9 Å². The molecule has 0 aliphatic carbocycles. The fourth-order valence-electron chi connectivity index (χ4n) is 2.32. The monoisotopic (exact) mass is 424 g/mol. The van der Waals surface area contributed by atoms with E-state index in [9.17, 15) is 14.4 Å². The number of carbonyl (C=O) groups is 2. The van der Waals surface area contributed by atoms with Gasteiger partial charge in [0.2, 0.25) is 5.91 Å². The zero-order chi connectivity index (χ0) is 20.5. The second-order valence-electron chi connectivity index (χ2n) is 5.63. The minimum atomic E-state index is -0.577. The third kappa shape index (κ3) is 6.33. The summed E-state index contributed by atoms with van der Waals surface area (Å²) in [4.78, 5) is 36.8. The molecule has 0 atom stereocenters. The Labute approximate surface area is 170 Å². The van der Waals surface area contributed by atoms with Crippen LogP contribution in [0.1, 0.15) is 12.5 Å². The largest absolute Gasteiger partial charge is 0.463 e. The van der Waals surface area contributed by atoms with E-state index in [1.807, 2.05) is 6.07 Å². The van der Waals surface area contributed by atoms with E-state index in [-0.39, 0.29) is 24.6 Å². The molecule has 1 N–H and O–H groups in total. The SMILES string of the molecule is CCOC(=O)/C=c1/s/c(=C\c2cccc(Cl)c2)c(=O)n1CC(=O)NCCOC. The van der Waals surface area contributed by atoms with Gasteiger partial charge in [-0.1, -0.05) is 23.7 Å². The van der Waals surface area contributed by atoms with Crippen LogP contribution in [0.3, 0.4) is 0 Å². The van der Waals surface area contributed by atoms with Crippen molar-refractivity contribution >= 4 is 47.0 Å². The van der Waals surface area contributed by atoms with Gasteiger partial charge in [-0.15, -0.1) is 11.3 Å². The van der Waals surface area contributed by atoms with Crippen molar-refractivity contribution in [3.05, 3.63) is 54.4 Å². The summed E-state index contributed by atoms with van der Waals surface area (Å²) in [5.41, 5.74) is 0.368. The van der Waals surface area contributed by atoms with E-state index in [0.29, 0.717) is 27.4 Å². The van der Waals surface area contributed by atoms with Gasteiger partial charge < -0.3 is 14.8 Å². The Morgan fingerprint density at radius 2 is 2.14 bits per heavy atom. The lowest BCUT2D eigenvalue weighted by Gasteiger charge is -2.05. The summed E-state index contributed by atoms with van der Waals surface area (Å²) in [5.74, 6) is -0.934. The highest BCUT2D eigenvalue weighted by atomic mass is 35.5. The van der Waals surface area contributed by atoms with Gasteiger partial charge in [0.05, 0.1) is 23.8 Å². The first-order valence-corrected chi connectivity index (χ1v) is 9.75. The lowest BCUT2D eigenvalue weighted by Crippen LogP contribution is -2.39. The Bertz CT molecular complexity index is 1010. The van der Waals surface area contributed by atoms with E-state index >= 15 is 0 Å². The summed E-state index contributed by atoms with van der Waals surface area (Å²) >= 11 is 7.09. The molecule has 0 spiro atoms. The molecule has 2 aromatic rings. The number of halogens is 1. The highest BCUT2D eigenvalue weighted by Gasteiger charge is 2.11. The topological polar surface area (TPSA) is 86.6 Å². The third-order valence-electron chi connectivity index (χ3n) is 3.54. The number of benzene rings is 1. The highest BCUT2D eigenvalue weighted by molar-refractivity contribution is 7.07. The van der Waals surface area contributed by atoms with E-state index in [4.69, 9.17) is 21.1 Å². The molecular weight excluding hydrogens is 404 g/mol. The van der Waals surface area contributed by atoms with Gasteiger partial charge >= 0.3 is 5.97 Å². The zero-order valence-corrected chi connectivity index (χ0v) is 17.1. The van der Waals surface area contributed by atoms with Gasteiger partial charge in [0.1, 0.15) is 11.2 Å². The first-order chi connectivity index (χ1) is 13.4. The molecule has 7 nitrogen and oxygen atoms in total. The zero-order valence-electron chi connectivity index (χ0n) is 15.6. The fraction of sp³-hybridized carbons (Fsp3) is 0.316. The summed E-state index contributed by atoms with van der Waals surface area (Å²) < 4.78 is 11.8. The maximum absolute atomic E-state index is 12.8. The number of esters is 1. The third-order valence-corrected chi connectivity index (χ3v) is 4.84. The van der Waals surface area contributed by atoms with Crippen LogP contribution in [-0.4, -0.2) is 43.3 Å². The number of hydrogen-bond acceptors (Lipinski definition) is 6. The lowest BCUT2D eigenvalue weighted by molar-refractivity contribution is -0.135. The van der Waals surface area contributed by atoms with Crippen LogP contribution >= 0.6 is 22.9 Å². The summed E-state index contributed by atoms with van der Waals surface area (Å²) in [7, 11) is 1.53. The molecule has 0 fully saturated rings. The first kappa shape index (κ1) is 21.9. The number of amides is 1. The van der Waals surface area contributed by atoms with Gasteiger partial charge in [0, 0.05) is 18.7 Å². The normalized spacial score (nSPS) is 12.2. The quantitative estimate of drug-likeness (QED) is 0.492. The Kier molecular flexibility index (Phi) is 8.43. The van der Waals surface area contributed by atoms with Crippen molar-refractivity contribution in [1.82, 2.24) is 9.88 Å². The van der Waals surface area contributed by atoms with Crippen molar-refractivity contribution in [1.29, 1.82) is 0 Å². The number of nitrogens with zero attached hydrogens (tertiary/aromatic N) is 1. The van der Waals surface area contributed by atoms with Crippen LogP contribution in [0.2, 0.25) is 5.02 Å². The number of nitrogens with one attached hydrogen (secondary N) is 1. The average molecular weight is 425 g/mol. The molecule has 1 heterocycles. The molecule has 0 unspecified atom stereocenters. The number of thiazole rings is 1. The average Bonchev–Trinajstić information content (AvgIpc) is 2.91. The minimum absolute atomic E-state index is 0.212. The molecule has 0 saturated carbocycles. The molecule has 0 aliphatic rings. The minimum Gasteiger partial charge on any atom is -0.463 e. The van der Waals surface area contributed by atoms with Crippen LogP contribution < -0.4 is 20.1 Å². The Morgan fingerprint density at radius 1 is 1.36 bits per heavy atom. The van der Waals surface area contributed by atoms with Gasteiger partial charge in [-0.05, 0) is 30.7 Å². The van der Waals surface area contributed by atoms with Crippen molar-refractivity contribution in [3.8, 4) is 0 Å². The van der Waals surface area contributed by atoms with Crippen LogP contribution in [0.25, 0.3) is 12.2 Å². The molecule has 28 heavy (non-hydrogen) atoms. The van der Waals surface area contributed by atoms with Crippen LogP contribution in [0.5, 0.6) is 0 Å². The molecule has 0 radical (unpaired) electrons. The van der Waals surface area contributed by atoms with Crippen LogP contribution in [0.15, 0.2) is 29.1 Å². The van der Waals surface area contributed by atoms with Crippen LogP contribution in [-0.2, 0) is 25.6 Å². The van der Waals surface area contributed by atoms with Crippen LogP contribution in [0, 0.1) is 0 Å². The van der Waals surface area contributed by atoms with Crippen molar-refractivity contribution in [2.45, 2.75) is 13.5 Å². The lowest BCUT2D eigenvalue weighted by atomic mass is 10.2. The van der Waals surface area contributed by atoms with Crippen LogP contribution in [0.4, 0.5) is 0 Å². The Morgan fingerprint density at radius 3 is 2.82 bits per heavy atom. The number of methoxy groups -OCH3 is 1. The molecule has 1 aromatic carbocycles. The standard InChI is InChI=1S/C19H21ClN2O5S/c1-3-27-18(24)11-17-22(12-16(23)21-7-8-26-2)19(25)15(28-17)10-13-5-4-6-14(20)9-13/h4-6,9-11H,3,7-8,12H2,1-2H3,(H,21,23)/b15-10-,17-11+. The molecular formula is C19H21ClN2O5S. The predicted molar refractivity (Wildman–Crippen MR) is 109 cm³/mol. The molecule has 9 heteroatoms. The number of rotatable bonds is 8. The number of carbonyl (C=O) groups excluding carboxylic acids is 2. The number of hydrogen-bond donors (Lipinski definition) is 1. The predicted octanol–water partition coefficient (Wildman–Crippen LogP) is 0.498. The molecule has 0 aliphatic heterocycles. The van der Waals surface area contributed by atoms with E-state index < -0.39 is 5.97 Å². The number of aromatic nitrogens is 1. The molecule has 1 aromatic heterocycles. The van der Waals surface area contributed by atoms with Crippen molar-refractivity contribution in [3.63, 3.8) is 0 Å². The maximum atomic E-state index is 12.8. The van der Waals surface area contributed by atoms with Gasteiger partial charge in [-0.2, -0.15) is 0 Å². The fourth-order valence-corrected chi connectivity index (χ4v) is 3.55. The number of ether oxygens (including phenoxy) is 2. The maximum Gasteiger partial charge on any atom is 0.333 e. The molecule has 2 rings (SSSR count). The second-order valence-corrected chi connectivity index (χ2v) is 7.13. The highest BCUT2D eigenvalue weighted by Crippen LogP contribution is 2.10. The van der Waals surface area contributed by atoms with Gasteiger partial charge in [-0.25, -0.2) is 4.79 Å². The molecule has 0 bridgehead atoms. The van der Waals surface area contributed by atoms with E-state index in [1.54, 1.807) is 31.2 Å². The van der Waals surface area contributed by atoms with Crippen molar-refractivity contribution in [2.75, 3.05) is 26.9 Å². The smallest absolute Gasteiger partial charge is 0.333 e. The first-order valence-electron chi connectivity index (χ1n) is 8.55.